The van der Waals surface area contributed by atoms with E-state index in [1.165, 1.54) is 0 Å². The molecule has 0 aliphatic heterocycles. The quantitative estimate of drug-likeness (QED) is 0.816. The van der Waals surface area contributed by atoms with Crippen molar-refractivity contribution in [1.29, 1.82) is 0 Å². The van der Waals surface area contributed by atoms with Gasteiger partial charge in [-0.15, -0.1) is 0 Å². The first-order valence-electron chi connectivity index (χ1n) is 7.00. The molecule has 0 heterocycles. The van der Waals surface area contributed by atoms with Crippen LogP contribution in [0.3, 0.4) is 0 Å². The van der Waals surface area contributed by atoms with Gasteiger partial charge in [-0.05, 0) is 55.7 Å². The topological polar surface area (TPSA) is 35.2 Å². The molecule has 0 saturated carbocycles. The molecule has 0 aliphatic rings. The Kier molecular flexibility index (Phi) is 5.51. The second kappa shape index (κ2) is 7.17. The number of ether oxygens (including phenoxy) is 1. The van der Waals surface area contributed by atoms with Crippen LogP contribution in [-0.2, 0) is 12.8 Å². The number of hydrogen-bond acceptors (Lipinski definition) is 2. The average Bonchev–Trinajstić information content (AvgIpc) is 2.44. The maximum atomic E-state index is 6.27. The molecule has 2 rings (SSSR count). The van der Waals surface area contributed by atoms with E-state index in [1.54, 1.807) is 0 Å². The maximum Gasteiger partial charge on any atom is 0.132 e. The fourth-order valence-electron chi connectivity index (χ4n) is 2.17. The Morgan fingerprint density at radius 1 is 1.14 bits per heavy atom. The van der Waals surface area contributed by atoms with Crippen LogP contribution in [-0.4, -0.2) is 6.04 Å². The van der Waals surface area contributed by atoms with Crippen molar-refractivity contribution in [1.82, 2.24) is 0 Å². The van der Waals surface area contributed by atoms with Crippen molar-refractivity contribution >= 4 is 23.2 Å². The van der Waals surface area contributed by atoms with Crippen LogP contribution in [0.2, 0.25) is 10.0 Å². The Morgan fingerprint density at radius 2 is 1.90 bits per heavy atom. The first kappa shape index (κ1) is 16.2. The number of nitrogens with two attached hydrogens (primary N) is 1. The lowest BCUT2D eigenvalue weighted by atomic mass is 10.1. The molecule has 1 atom stereocenters. The number of rotatable bonds is 5. The maximum absolute atomic E-state index is 6.27. The molecule has 2 N–H and O–H groups in total. The van der Waals surface area contributed by atoms with Crippen molar-refractivity contribution in [3.05, 3.63) is 57.6 Å². The summed E-state index contributed by atoms with van der Waals surface area (Å²) in [4.78, 5) is 0. The van der Waals surface area contributed by atoms with Crippen molar-refractivity contribution < 1.29 is 4.74 Å². The van der Waals surface area contributed by atoms with Gasteiger partial charge in [-0.2, -0.15) is 0 Å². The van der Waals surface area contributed by atoms with Gasteiger partial charge >= 0.3 is 0 Å². The van der Waals surface area contributed by atoms with Crippen LogP contribution in [0.5, 0.6) is 11.5 Å². The predicted octanol–water partition coefficient (Wildman–Crippen LogP) is 5.24. The van der Waals surface area contributed by atoms with E-state index in [2.05, 4.69) is 6.92 Å². The highest BCUT2D eigenvalue weighted by Gasteiger charge is 2.12. The summed E-state index contributed by atoms with van der Waals surface area (Å²) in [5.41, 5.74) is 7.88. The normalized spacial score (nSPS) is 12.2. The summed E-state index contributed by atoms with van der Waals surface area (Å²) in [6, 6.07) is 11.3. The highest BCUT2D eigenvalue weighted by atomic mass is 35.5. The van der Waals surface area contributed by atoms with Gasteiger partial charge in [0.25, 0.3) is 0 Å². The molecule has 0 spiro atoms. The van der Waals surface area contributed by atoms with Gasteiger partial charge in [-0.1, -0.05) is 36.2 Å². The van der Waals surface area contributed by atoms with Crippen LogP contribution in [0.4, 0.5) is 0 Å². The average molecular weight is 324 g/mol. The number of hydrogen-bond donors (Lipinski definition) is 1. The van der Waals surface area contributed by atoms with Gasteiger partial charge in [0.05, 0.1) is 0 Å². The van der Waals surface area contributed by atoms with E-state index in [0.717, 1.165) is 34.1 Å². The fourth-order valence-corrected chi connectivity index (χ4v) is 2.66. The van der Waals surface area contributed by atoms with Gasteiger partial charge < -0.3 is 10.5 Å². The molecule has 2 nitrogen and oxygen atoms in total. The van der Waals surface area contributed by atoms with Gasteiger partial charge in [-0.3, -0.25) is 0 Å². The summed E-state index contributed by atoms with van der Waals surface area (Å²) in [5.74, 6) is 1.49. The number of halogens is 2. The Bertz CT molecular complexity index is 626. The SMILES string of the molecule is CCc1cc(Oc2cccc(Cl)c2CC(C)N)ccc1Cl. The van der Waals surface area contributed by atoms with Gasteiger partial charge in [0.15, 0.2) is 0 Å². The van der Waals surface area contributed by atoms with Gasteiger partial charge in [-0.25, -0.2) is 0 Å². The minimum atomic E-state index is 0.0173. The first-order chi connectivity index (χ1) is 10.0. The molecule has 0 radical (unpaired) electrons. The Balaban J connectivity index is 2.33. The van der Waals surface area contributed by atoms with Crippen LogP contribution >= 0.6 is 23.2 Å². The Labute approximate surface area is 135 Å². The molecular weight excluding hydrogens is 305 g/mol. The van der Waals surface area contributed by atoms with Crippen LogP contribution in [0.1, 0.15) is 25.0 Å². The van der Waals surface area contributed by atoms with Gasteiger partial charge in [0.1, 0.15) is 11.5 Å². The molecule has 1 unspecified atom stereocenters. The van der Waals surface area contributed by atoms with E-state index in [4.69, 9.17) is 33.7 Å². The summed E-state index contributed by atoms with van der Waals surface area (Å²) in [7, 11) is 0. The van der Waals surface area contributed by atoms with Crippen molar-refractivity contribution in [2.45, 2.75) is 32.7 Å². The standard InChI is InChI=1S/C17H19Cl2NO/c1-3-12-10-13(7-8-15(12)18)21-17-6-4-5-16(19)14(17)9-11(2)20/h4-8,10-11H,3,9,20H2,1-2H3. The molecule has 21 heavy (non-hydrogen) atoms. The van der Waals surface area contributed by atoms with E-state index in [9.17, 15) is 0 Å². The highest BCUT2D eigenvalue weighted by molar-refractivity contribution is 6.31. The number of benzene rings is 2. The molecule has 0 amide bonds. The summed E-state index contributed by atoms with van der Waals surface area (Å²) in [5, 5.41) is 1.43. The smallest absolute Gasteiger partial charge is 0.132 e. The molecule has 0 saturated heterocycles. The van der Waals surface area contributed by atoms with E-state index < -0.39 is 0 Å². The lowest BCUT2D eigenvalue weighted by molar-refractivity contribution is 0.473. The Hall–Kier alpha value is -1.22. The molecule has 0 aromatic heterocycles. The zero-order chi connectivity index (χ0) is 15.4. The molecule has 2 aromatic rings. The summed E-state index contributed by atoms with van der Waals surface area (Å²) >= 11 is 12.4. The monoisotopic (exact) mass is 323 g/mol. The Morgan fingerprint density at radius 3 is 2.57 bits per heavy atom. The van der Waals surface area contributed by atoms with E-state index in [-0.39, 0.29) is 6.04 Å². The van der Waals surface area contributed by atoms with Crippen molar-refractivity contribution in [2.75, 3.05) is 0 Å². The second-order valence-electron chi connectivity index (χ2n) is 5.11. The minimum absolute atomic E-state index is 0.0173. The molecule has 0 bridgehead atoms. The third-order valence-corrected chi connectivity index (χ3v) is 3.95. The molecule has 4 heteroatoms. The highest BCUT2D eigenvalue weighted by Crippen LogP contribution is 2.32. The number of aryl methyl sites for hydroxylation is 1. The largest absolute Gasteiger partial charge is 0.457 e. The molecule has 0 aliphatic carbocycles. The van der Waals surface area contributed by atoms with Crippen molar-refractivity contribution in [2.24, 2.45) is 5.73 Å². The zero-order valence-electron chi connectivity index (χ0n) is 12.2. The summed E-state index contributed by atoms with van der Waals surface area (Å²) < 4.78 is 5.99. The molecule has 2 aromatic carbocycles. The van der Waals surface area contributed by atoms with Crippen LogP contribution in [0.25, 0.3) is 0 Å². The van der Waals surface area contributed by atoms with E-state index >= 15 is 0 Å². The third kappa shape index (κ3) is 4.13. The summed E-state index contributed by atoms with van der Waals surface area (Å²) in [6.45, 7) is 4.01. The van der Waals surface area contributed by atoms with Crippen molar-refractivity contribution in [3.8, 4) is 11.5 Å². The van der Waals surface area contributed by atoms with Crippen LogP contribution in [0.15, 0.2) is 36.4 Å². The molecule has 112 valence electrons. The second-order valence-corrected chi connectivity index (χ2v) is 5.92. The lowest BCUT2D eigenvalue weighted by Crippen LogP contribution is -2.18. The fraction of sp³-hybridized carbons (Fsp3) is 0.294. The third-order valence-electron chi connectivity index (χ3n) is 3.23. The van der Waals surface area contributed by atoms with E-state index in [1.807, 2.05) is 43.3 Å². The van der Waals surface area contributed by atoms with Crippen molar-refractivity contribution in [3.63, 3.8) is 0 Å². The van der Waals surface area contributed by atoms with Gasteiger partial charge in [0.2, 0.25) is 0 Å². The molecule has 0 fully saturated rings. The van der Waals surface area contributed by atoms with Gasteiger partial charge in [0, 0.05) is 21.7 Å². The lowest BCUT2D eigenvalue weighted by Gasteiger charge is -2.15. The molecular formula is C17H19Cl2NO. The summed E-state index contributed by atoms with van der Waals surface area (Å²) in [6.07, 6.45) is 1.53. The first-order valence-corrected chi connectivity index (χ1v) is 7.76. The van der Waals surface area contributed by atoms with E-state index in [0.29, 0.717) is 11.4 Å². The van der Waals surface area contributed by atoms with Crippen LogP contribution < -0.4 is 10.5 Å². The minimum Gasteiger partial charge on any atom is -0.457 e. The van der Waals surface area contributed by atoms with Crippen LogP contribution in [0, 0.1) is 0 Å². The zero-order valence-corrected chi connectivity index (χ0v) is 13.7. The predicted molar refractivity (Wildman–Crippen MR) is 89.7 cm³/mol.